The average Bonchev–Trinajstić information content (AvgIpc) is 2.68. The first-order valence-corrected chi connectivity index (χ1v) is 8.87. The smallest absolute Gasteiger partial charge is 0.277 e. The lowest BCUT2D eigenvalue weighted by atomic mass is 10.1. The molecule has 0 aromatic heterocycles. The molecule has 0 heterocycles. The van der Waals surface area contributed by atoms with Gasteiger partial charge in [0.2, 0.25) is 0 Å². The molecule has 0 spiro atoms. The summed E-state index contributed by atoms with van der Waals surface area (Å²) in [7, 11) is 0. The molecule has 0 aliphatic rings. The van der Waals surface area contributed by atoms with Gasteiger partial charge >= 0.3 is 0 Å². The molecular weight excluding hydrogens is 392 g/mol. The quantitative estimate of drug-likeness (QED) is 0.470. The van der Waals surface area contributed by atoms with E-state index < -0.39 is 0 Å². The van der Waals surface area contributed by atoms with Gasteiger partial charge in [0.25, 0.3) is 5.91 Å². The van der Waals surface area contributed by atoms with Gasteiger partial charge in [-0.2, -0.15) is 5.10 Å². The van der Waals surface area contributed by atoms with E-state index in [0.29, 0.717) is 5.75 Å². The van der Waals surface area contributed by atoms with Crippen molar-refractivity contribution in [2.75, 3.05) is 6.61 Å². The first-order valence-electron chi connectivity index (χ1n) is 8.08. The van der Waals surface area contributed by atoms with Crippen LogP contribution in [0.1, 0.15) is 5.56 Å². The fourth-order valence-electron chi connectivity index (χ4n) is 2.41. The number of halogens is 1. The zero-order valence-corrected chi connectivity index (χ0v) is 15.5. The topological polar surface area (TPSA) is 50.7 Å². The van der Waals surface area contributed by atoms with Crippen LogP contribution >= 0.6 is 15.9 Å². The molecule has 0 radical (unpaired) electrons. The van der Waals surface area contributed by atoms with Gasteiger partial charge in [0.1, 0.15) is 5.75 Å². The van der Waals surface area contributed by atoms with Crippen molar-refractivity contribution in [3.63, 3.8) is 0 Å². The predicted molar refractivity (Wildman–Crippen MR) is 109 cm³/mol. The second kappa shape index (κ2) is 8.97. The van der Waals surface area contributed by atoms with Crippen LogP contribution in [0.5, 0.6) is 5.75 Å². The maximum atomic E-state index is 11.9. The first kappa shape index (κ1) is 17.9. The van der Waals surface area contributed by atoms with Gasteiger partial charge in [0.05, 0.1) is 0 Å². The standard InChI is InChI=1S/C21H17BrN2O2/c22-19-12-13-20(18-11-5-4-10-17(18)19)26-15-21(25)24-23-14-6-9-16-7-2-1-3-8-16/h1-14H,15H2,(H,24,25)/b9-6+,23-14+. The molecule has 4 nitrogen and oxygen atoms in total. The Kier molecular flexibility index (Phi) is 6.17. The Balaban J connectivity index is 1.52. The summed E-state index contributed by atoms with van der Waals surface area (Å²) in [5, 5.41) is 5.86. The molecule has 0 aliphatic carbocycles. The molecule has 3 rings (SSSR count). The highest BCUT2D eigenvalue weighted by atomic mass is 79.9. The molecule has 0 atom stereocenters. The molecule has 5 heteroatoms. The molecule has 0 saturated carbocycles. The normalized spacial score (nSPS) is 11.3. The average molecular weight is 409 g/mol. The first-order chi connectivity index (χ1) is 12.7. The summed E-state index contributed by atoms with van der Waals surface area (Å²) in [5.74, 6) is 0.341. The molecular formula is C21H17BrN2O2. The summed E-state index contributed by atoms with van der Waals surface area (Å²) in [5.41, 5.74) is 3.51. The fraction of sp³-hybridized carbons (Fsp3) is 0.0476. The SMILES string of the molecule is O=C(COc1ccc(Br)c2ccccc12)N/N=C/C=C/c1ccccc1. The van der Waals surface area contributed by atoms with E-state index in [1.54, 1.807) is 6.08 Å². The summed E-state index contributed by atoms with van der Waals surface area (Å²) in [4.78, 5) is 11.9. The number of hydrazone groups is 1. The van der Waals surface area contributed by atoms with Crippen LogP contribution in [-0.2, 0) is 4.79 Å². The Morgan fingerprint density at radius 2 is 1.73 bits per heavy atom. The number of allylic oxidation sites excluding steroid dienone is 1. The Bertz CT molecular complexity index is 953. The van der Waals surface area contributed by atoms with Crippen molar-refractivity contribution >= 4 is 44.9 Å². The minimum absolute atomic E-state index is 0.106. The van der Waals surface area contributed by atoms with Crippen molar-refractivity contribution in [2.24, 2.45) is 5.10 Å². The van der Waals surface area contributed by atoms with Gasteiger partial charge in [-0.15, -0.1) is 0 Å². The Labute approximate surface area is 160 Å². The zero-order chi connectivity index (χ0) is 18.2. The van der Waals surface area contributed by atoms with Crippen molar-refractivity contribution in [3.05, 3.63) is 82.8 Å². The number of rotatable bonds is 6. The molecule has 0 saturated heterocycles. The highest BCUT2D eigenvalue weighted by molar-refractivity contribution is 9.10. The summed E-state index contributed by atoms with van der Waals surface area (Å²) in [6, 6.07) is 21.4. The van der Waals surface area contributed by atoms with E-state index in [0.717, 1.165) is 20.8 Å². The van der Waals surface area contributed by atoms with Gasteiger partial charge in [-0.3, -0.25) is 4.79 Å². The molecule has 0 fully saturated rings. The fourth-order valence-corrected chi connectivity index (χ4v) is 2.88. The maximum Gasteiger partial charge on any atom is 0.277 e. The number of fused-ring (bicyclic) bond motifs is 1. The van der Waals surface area contributed by atoms with Gasteiger partial charge in [0.15, 0.2) is 6.61 Å². The van der Waals surface area contributed by atoms with Crippen molar-refractivity contribution in [2.45, 2.75) is 0 Å². The number of carbonyl (C=O) groups is 1. The number of carbonyl (C=O) groups excluding carboxylic acids is 1. The molecule has 1 amide bonds. The molecule has 3 aromatic rings. The summed E-state index contributed by atoms with van der Waals surface area (Å²) >= 11 is 3.52. The lowest BCUT2D eigenvalue weighted by Crippen LogP contribution is -2.24. The Morgan fingerprint density at radius 3 is 2.54 bits per heavy atom. The molecule has 0 unspecified atom stereocenters. The summed E-state index contributed by atoms with van der Waals surface area (Å²) in [6.45, 7) is -0.106. The van der Waals surface area contributed by atoms with Crippen LogP contribution in [0.25, 0.3) is 16.8 Å². The highest BCUT2D eigenvalue weighted by Gasteiger charge is 2.07. The monoisotopic (exact) mass is 408 g/mol. The van der Waals surface area contributed by atoms with E-state index in [9.17, 15) is 4.79 Å². The number of nitrogens with zero attached hydrogens (tertiary/aromatic N) is 1. The second-order valence-corrected chi connectivity index (χ2v) is 6.32. The van der Waals surface area contributed by atoms with Gasteiger partial charge in [-0.25, -0.2) is 5.43 Å². The van der Waals surface area contributed by atoms with Crippen LogP contribution < -0.4 is 10.2 Å². The van der Waals surface area contributed by atoms with Crippen molar-refractivity contribution < 1.29 is 9.53 Å². The predicted octanol–water partition coefficient (Wildman–Crippen LogP) is 4.80. The number of benzene rings is 3. The molecule has 1 N–H and O–H groups in total. The molecule has 3 aromatic carbocycles. The molecule has 26 heavy (non-hydrogen) atoms. The minimum atomic E-state index is -0.318. The molecule has 130 valence electrons. The number of hydrogen-bond donors (Lipinski definition) is 1. The number of nitrogens with one attached hydrogen (secondary N) is 1. The van der Waals surface area contributed by atoms with E-state index in [2.05, 4.69) is 26.5 Å². The minimum Gasteiger partial charge on any atom is -0.483 e. The third kappa shape index (κ3) is 4.80. The number of amides is 1. The van der Waals surface area contributed by atoms with E-state index in [-0.39, 0.29) is 12.5 Å². The Hall–Kier alpha value is -2.92. The van der Waals surface area contributed by atoms with E-state index in [1.807, 2.05) is 72.8 Å². The van der Waals surface area contributed by atoms with Crippen LogP contribution in [0, 0.1) is 0 Å². The van der Waals surface area contributed by atoms with Crippen molar-refractivity contribution in [3.8, 4) is 5.75 Å². The summed E-state index contributed by atoms with van der Waals surface area (Å²) in [6.07, 6.45) is 5.19. The number of hydrogen-bond acceptors (Lipinski definition) is 3. The second-order valence-electron chi connectivity index (χ2n) is 5.46. The zero-order valence-electron chi connectivity index (χ0n) is 13.9. The van der Waals surface area contributed by atoms with Crippen LogP contribution in [0.2, 0.25) is 0 Å². The summed E-state index contributed by atoms with van der Waals surface area (Å²) < 4.78 is 6.62. The van der Waals surface area contributed by atoms with Gasteiger partial charge in [-0.1, -0.05) is 76.6 Å². The van der Waals surface area contributed by atoms with Gasteiger partial charge in [-0.05, 0) is 29.2 Å². The Morgan fingerprint density at radius 1 is 1.00 bits per heavy atom. The van der Waals surface area contributed by atoms with Crippen molar-refractivity contribution in [1.29, 1.82) is 0 Å². The van der Waals surface area contributed by atoms with Crippen LogP contribution in [-0.4, -0.2) is 18.7 Å². The number of ether oxygens (including phenoxy) is 1. The van der Waals surface area contributed by atoms with E-state index in [1.165, 1.54) is 6.21 Å². The van der Waals surface area contributed by atoms with Crippen LogP contribution in [0.15, 0.2) is 82.4 Å². The lowest BCUT2D eigenvalue weighted by Gasteiger charge is -2.09. The van der Waals surface area contributed by atoms with E-state index in [4.69, 9.17) is 4.74 Å². The van der Waals surface area contributed by atoms with Crippen LogP contribution in [0.3, 0.4) is 0 Å². The third-order valence-corrected chi connectivity index (χ3v) is 4.32. The van der Waals surface area contributed by atoms with Crippen molar-refractivity contribution in [1.82, 2.24) is 5.43 Å². The van der Waals surface area contributed by atoms with Gasteiger partial charge < -0.3 is 4.74 Å². The lowest BCUT2D eigenvalue weighted by molar-refractivity contribution is -0.123. The van der Waals surface area contributed by atoms with Gasteiger partial charge in [0, 0.05) is 16.1 Å². The largest absolute Gasteiger partial charge is 0.483 e. The van der Waals surface area contributed by atoms with E-state index >= 15 is 0 Å². The third-order valence-electron chi connectivity index (χ3n) is 3.63. The molecule has 0 aliphatic heterocycles. The maximum absolute atomic E-state index is 11.9. The van der Waals surface area contributed by atoms with Crippen LogP contribution in [0.4, 0.5) is 0 Å². The highest BCUT2D eigenvalue weighted by Crippen LogP contribution is 2.31. The molecule has 0 bridgehead atoms.